The molecule has 1 saturated carbocycles. The van der Waals surface area contributed by atoms with E-state index in [-0.39, 0.29) is 16.7 Å². The lowest BCUT2D eigenvalue weighted by atomic mass is 9.50. The maximum absolute atomic E-state index is 13.7. The summed E-state index contributed by atoms with van der Waals surface area (Å²) in [6.07, 6.45) is -0.491. The number of nitro groups is 1. The van der Waals surface area contributed by atoms with Gasteiger partial charge >= 0.3 is 0 Å². The maximum atomic E-state index is 13.7. The molecule has 3 rings (SSSR count). The zero-order valence-electron chi connectivity index (χ0n) is 19.3. The molecule has 148 valence electrons. The van der Waals surface area contributed by atoms with Gasteiger partial charge in [0, 0.05) is 21.0 Å². The van der Waals surface area contributed by atoms with Gasteiger partial charge in [0.1, 0.15) is 22.5 Å². The average molecular weight is 388 g/mol. The Bertz CT molecular complexity index is 1210. The van der Waals surface area contributed by atoms with Gasteiger partial charge in [-0.1, -0.05) is 33.8 Å². The Morgan fingerprint density at radius 3 is 2.36 bits per heavy atom. The molecule has 0 aliphatic heterocycles. The van der Waals surface area contributed by atoms with Gasteiger partial charge in [-0.2, -0.15) is 0 Å². The molecule has 1 heterocycles. The highest BCUT2D eigenvalue weighted by molar-refractivity contribution is 6.08. The molecule has 0 unspecified atom stereocenters. The van der Waals surface area contributed by atoms with E-state index in [2.05, 4.69) is 4.98 Å². The second-order valence-electron chi connectivity index (χ2n) is 8.35. The van der Waals surface area contributed by atoms with Crippen molar-refractivity contribution in [1.29, 1.82) is 0 Å². The first kappa shape index (κ1) is 16.1. The SMILES string of the molecule is [2H]C([2H])([2H])c1nc2cccc([N+](=O)[O-])c2c(=O)n1[C@]1(C)C(=O)CC(=O)C(C)(C)C1(C)C. The number of benzene rings is 1. The van der Waals surface area contributed by atoms with Crippen LogP contribution in [0.25, 0.3) is 10.9 Å². The number of nitro benzene ring substituents is 1. The molecule has 1 aromatic heterocycles. The van der Waals surface area contributed by atoms with Crippen LogP contribution in [0, 0.1) is 27.8 Å². The van der Waals surface area contributed by atoms with Crippen LogP contribution in [0.5, 0.6) is 0 Å². The number of hydrogen-bond acceptors (Lipinski definition) is 6. The number of ketones is 2. The molecule has 0 spiro atoms. The number of aryl methyl sites for hydroxylation is 1. The van der Waals surface area contributed by atoms with E-state index in [0.717, 1.165) is 10.6 Å². The summed E-state index contributed by atoms with van der Waals surface area (Å²) in [5, 5.41) is 11.2. The van der Waals surface area contributed by atoms with Crippen LogP contribution in [0.4, 0.5) is 5.69 Å². The van der Waals surface area contributed by atoms with Crippen molar-refractivity contribution in [3.8, 4) is 0 Å². The quantitative estimate of drug-likeness (QED) is 0.444. The molecule has 0 bridgehead atoms. The minimum Gasteiger partial charge on any atom is -0.299 e. The van der Waals surface area contributed by atoms with Crippen LogP contribution in [0.3, 0.4) is 0 Å². The lowest BCUT2D eigenvalue weighted by Gasteiger charge is -2.55. The molecule has 2 aromatic rings. The van der Waals surface area contributed by atoms with Crippen molar-refractivity contribution in [3.63, 3.8) is 0 Å². The smallest absolute Gasteiger partial charge is 0.284 e. The van der Waals surface area contributed by atoms with Gasteiger partial charge in [0.15, 0.2) is 5.78 Å². The van der Waals surface area contributed by atoms with E-state index < -0.39 is 57.4 Å². The van der Waals surface area contributed by atoms with Crippen molar-refractivity contribution in [2.24, 2.45) is 10.8 Å². The van der Waals surface area contributed by atoms with Crippen LogP contribution < -0.4 is 5.56 Å². The Kier molecular flexibility index (Phi) is 3.33. The number of fused-ring (bicyclic) bond motifs is 1. The minimum atomic E-state index is -2.90. The van der Waals surface area contributed by atoms with Gasteiger partial charge in [0.2, 0.25) is 0 Å². The van der Waals surface area contributed by atoms with Crippen LogP contribution >= 0.6 is 0 Å². The van der Waals surface area contributed by atoms with Gasteiger partial charge < -0.3 is 0 Å². The maximum Gasteiger partial charge on any atom is 0.284 e. The fourth-order valence-corrected chi connectivity index (χ4v) is 4.03. The Balaban J connectivity index is 2.59. The zero-order valence-corrected chi connectivity index (χ0v) is 16.3. The molecule has 1 aliphatic rings. The minimum absolute atomic E-state index is 0.151. The first-order valence-corrected chi connectivity index (χ1v) is 8.77. The first-order valence-electron chi connectivity index (χ1n) is 10.3. The second-order valence-corrected chi connectivity index (χ2v) is 8.35. The summed E-state index contributed by atoms with van der Waals surface area (Å²) in [6.45, 7) is 5.00. The summed E-state index contributed by atoms with van der Waals surface area (Å²) < 4.78 is 24.7. The Hall–Kier alpha value is -2.90. The van der Waals surface area contributed by atoms with E-state index in [1.54, 1.807) is 27.7 Å². The highest BCUT2D eigenvalue weighted by Crippen LogP contribution is 2.55. The Morgan fingerprint density at radius 1 is 1.14 bits per heavy atom. The number of non-ortho nitro benzene ring substituents is 1. The van der Waals surface area contributed by atoms with Crippen molar-refractivity contribution in [3.05, 3.63) is 44.5 Å². The first-order chi connectivity index (χ1) is 14.0. The number of hydrogen-bond donors (Lipinski definition) is 0. The summed E-state index contributed by atoms with van der Waals surface area (Å²) in [5.41, 5.74) is -5.82. The van der Waals surface area contributed by atoms with Gasteiger partial charge in [-0.15, -0.1) is 0 Å². The lowest BCUT2D eigenvalue weighted by Crippen LogP contribution is -2.66. The number of Topliss-reactive ketones (excluding diaryl/α,β-unsaturated/α-hetero) is 2. The van der Waals surface area contributed by atoms with Crippen LogP contribution in [-0.2, 0) is 15.1 Å². The number of carbonyl (C=O) groups excluding carboxylic acids is 2. The van der Waals surface area contributed by atoms with E-state index in [4.69, 9.17) is 4.11 Å². The van der Waals surface area contributed by atoms with Crippen LogP contribution in [0.1, 0.15) is 51.0 Å². The third kappa shape index (κ3) is 2.23. The highest BCUT2D eigenvalue weighted by atomic mass is 16.6. The van der Waals surface area contributed by atoms with E-state index in [9.17, 15) is 24.5 Å². The molecule has 8 heteroatoms. The fourth-order valence-electron chi connectivity index (χ4n) is 4.03. The zero-order chi connectivity index (χ0) is 23.7. The van der Waals surface area contributed by atoms with Gasteiger partial charge in [0.25, 0.3) is 11.2 Å². The summed E-state index contributed by atoms with van der Waals surface area (Å²) in [4.78, 5) is 54.5. The van der Waals surface area contributed by atoms with Gasteiger partial charge in [-0.3, -0.25) is 29.1 Å². The molecule has 1 aromatic carbocycles. The van der Waals surface area contributed by atoms with Gasteiger partial charge in [-0.25, -0.2) is 4.98 Å². The molecule has 28 heavy (non-hydrogen) atoms. The van der Waals surface area contributed by atoms with Gasteiger partial charge in [-0.05, 0) is 19.8 Å². The number of aromatic nitrogens is 2. The number of rotatable bonds is 2. The molecular weight excluding hydrogens is 362 g/mol. The third-order valence-corrected chi connectivity index (χ3v) is 6.86. The lowest BCUT2D eigenvalue weighted by molar-refractivity contribution is -0.383. The number of nitrogens with zero attached hydrogens (tertiary/aromatic N) is 3. The summed E-state index contributed by atoms with van der Waals surface area (Å²) in [7, 11) is 0. The predicted molar refractivity (Wildman–Crippen MR) is 103 cm³/mol. The predicted octanol–water partition coefficient (Wildman–Crippen LogP) is 2.92. The van der Waals surface area contributed by atoms with Crippen molar-refractivity contribution >= 4 is 28.2 Å². The van der Waals surface area contributed by atoms with Crippen molar-refractivity contribution in [2.45, 2.75) is 53.4 Å². The van der Waals surface area contributed by atoms with E-state index >= 15 is 0 Å². The Labute approximate surface area is 165 Å². The molecule has 0 radical (unpaired) electrons. The van der Waals surface area contributed by atoms with Crippen molar-refractivity contribution in [1.82, 2.24) is 9.55 Å². The summed E-state index contributed by atoms with van der Waals surface area (Å²) in [6, 6.07) is 3.74. The third-order valence-electron chi connectivity index (χ3n) is 6.86. The van der Waals surface area contributed by atoms with Crippen molar-refractivity contribution < 1.29 is 18.6 Å². The van der Waals surface area contributed by atoms with Crippen molar-refractivity contribution in [2.75, 3.05) is 0 Å². The van der Waals surface area contributed by atoms with E-state index in [1.165, 1.54) is 19.1 Å². The summed E-state index contributed by atoms with van der Waals surface area (Å²) in [5.74, 6) is -1.63. The topological polar surface area (TPSA) is 112 Å². The van der Waals surface area contributed by atoms with E-state index in [0.29, 0.717) is 0 Å². The van der Waals surface area contributed by atoms with Crippen LogP contribution in [0.2, 0.25) is 0 Å². The molecule has 0 N–H and O–H groups in total. The molecular formula is C20H23N3O5. The largest absolute Gasteiger partial charge is 0.299 e. The molecule has 1 fully saturated rings. The fraction of sp³-hybridized carbons (Fsp3) is 0.500. The average Bonchev–Trinajstić information content (AvgIpc) is 2.64. The standard InChI is InChI=1S/C20H23N3O5/c1-11-21-12-8-7-9-13(23(27)28)16(12)17(26)22(11)20(6)15(25)10-14(24)18(2,3)19(20,4)5/h7-9H,10H2,1-6H3/t20-/m1/s1/i1D3. The highest BCUT2D eigenvalue weighted by Gasteiger charge is 2.63. The molecule has 0 amide bonds. The monoisotopic (exact) mass is 388 g/mol. The molecule has 1 aliphatic carbocycles. The molecule has 1 atom stereocenters. The van der Waals surface area contributed by atoms with Crippen LogP contribution in [-0.4, -0.2) is 26.0 Å². The Morgan fingerprint density at radius 2 is 1.79 bits per heavy atom. The number of carbonyl (C=O) groups is 2. The normalized spacial score (nSPS) is 25.8. The van der Waals surface area contributed by atoms with E-state index in [1.807, 2.05) is 0 Å². The molecule has 8 nitrogen and oxygen atoms in total. The van der Waals surface area contributed by atoms with Crippen LogP contribution in [0.15, 0.2) is 23.0 Å². The summed E-state index contributed by atoms with van der Waals surface area (Å²) >= 11 is 0. The second kappa shape index (κ2) is 5.80. The van der Waals surface area contributed by atoms with Gasteiger partial charge in [0.05, 0.1) is 16.9 Å². The molecule has 0 saturated heterocycles.